The summed E-state index contributed by atoms with van der Waals surface area (Å²) in [6.07, 6.45) is 2.19. The van der Waals surface area contributed by atoms with Crippen molar-refractivity contribution >= 4 is 27.6 Å². The van der Waals surface area contributed by atoms with Gasteiger partial charge in [0.25, 0.3) is 0 Å². The predicted molar refractivity (Wildman–Crippen MR) is 136 cm³/mol. The van der Waals surface area contributed by atoms with E-state index in [-0.39, 0.29) is 17.7 Å². The number of benzene rings is 1. The van der Waals surface area contributed by atoms with Crippen LogP contribution in [0.1, 0.15) is 44.1 Å². The van der Waals surface area contributed by atoms with Gasteiger partial charge in [0.05, 0.1) is 19.2 Å². The summed E-state index contributed by atoms with van der Waals surface area (Å²) in [6, 6.07) is 5.24. The van der Waals surface area contributed by atoms with E-state index >= 15 is 0 Å². The van der Waals surface area contributed by atoms with Gasteiger partial charge in [-0.2, -0.15) is 0 Å². The molecule has 3 heterocycles. The lowest BCUT2D eigenvalue weighted by Gasteiger charge is -2.23. The van der Waals surface area contributed by atoms with Gasteiger partial charge in [-0.15, -0.1) is 10.2 Å². The van der Waals surface area contributed by atoms with E-state index in [1.807, 2.05) is 6.92 Å². The van der Waals surface area contributed by atoms with E-state index in [0.29, 0.717) is 34.6 Å². The summed E-state index contributed by atoms with van der Waals surface area (Å²) < 4.78 is 53.9. The molecule has 1 saturated heterocycles. The van der Waals surface area contributed by atoms with E-state index in [1.165, 1.54) is 40.6 Å². The largest absolute Gasteiger partial charge is 0.494 e. The van der Waals surface area contributed by atoms with Crippen molar-refractivity contribution in [3.8, 4) is 17.2 Å². The Kier molecular flexibility index (Phi) is 8.17. The number of anilines is 1. The molecular formula is C23H29ClN6O6S. The lowest BCUT2D eigenvalue weighted by Crippen LogP contribution is -2.33. The number of methoxy groups -OCH3 is 3. The molecule has 0 bridgehead atoms. The number of halogens is 1. The van der Waals surface area contributed by atoms with Crippen LogP contribution in [0, 0.1) is 5.92 Å². The number of aromatic nitrogens is 5. The number of ether oxygens (including phenoxy) is 4. The Morgan fingerprint density at radius 2 is 1.78 bits per heavy atom. The molecule has 4 atom stereocenters. The van der Waals surface area contributed by atoms with E-state index in [2.05, 4.69) is 24.9 Å². The zero-order valence-electron chi connectivity index (χ0n) is 21.1. The Labute approximate surface area is 220 Å². The number of para-hydroxylation sites is 1. The molecule has 0 saturated carbocycles. The molecule has 1 aliphatic heterocycles. The smallest absolute Gasteiger partial charge is 0.243 e. The summed E-state index contributed by atoms with van der Waals surface area (Å²) in [5, 5.41) is 7.74. The van der Waals surface area contributed by atoms with Crippen LogP contribution < -0.4 is 14.2 Å². The van der Waals surface area contributed by atoms with Crippen LogP contribution >= 0.6 is 11.6 Å². The molecule has 37 heavy (non-hydrogen) atoms. The van der Waals surface area contributed by atoms with Gasteiger partial charge in [-0.05, 0) is 31.4 Å². The van der Waals surface area contributed by atoms with Crippen molar-refractivity contribution in [2.75, 3.05) is 32.7 Å². The molecule has 3 aromatic rings. The highest BCUT2D eigenvalue weighted by Gasteiger charge is 2.37. The molecule has 2 unspecified atom stereocenters. The van der Waals surface area contributed by atoms with Gasteiger partial charge in [-0.3, -0.25) is 9.29 Å². The van der Waals surface area contributed by atoms with Crippen molar-refractivity contribution in [2.45, 2.75) is 37.7 Å². The average molecular weight is 553 g/mol. The fraction of sp³-hybridized carbons (Fsp3) is 0.478. The Bertz CT molecular complexity index is 1310. The maximum atomic E-state index is 13.6. The third kappa shape index (κ3) is 5.35. The van der Waals surface area contributed by atoms with Gasteiger partial charge in [-0.1, -0.05) is 24.6 Å². The molecule has 1 fully saturated rings. The van der Waals surface area contributed by atoms with E-state index in [1.54, 1.807) is 22.8 Å². The number of nitrogens with one attached hydrogen (secondary N) is 1. The van der Waals surface area contributed by atoms with Crippen LogP contribution in [0.25, 0.3) is 5.69 Å². The molecule has 14 heteroatoms. The highest BCUT2D eigenvalue weighted by Crippen LogP contribution is 2.40. The standard InChI is InChI=1S/C23H29ClN6O6S/c1-13-9-10-36-19(13)22-27-28-23(30(22)18-16(33-3)7-6-8-17(18)34-4)29-37(31,32)14(2)20(35-5)21-25-11-15(24)12-26-21/h6-8,11-14,19-20H,9-10H2,1-5H3,(H,28,29)/t13-,14?,19+,20?/m1/s1. The fourth-order valence-corrected chi connectivity index (χ4v) is 5.43. The van der Waals surface area contributed by atoms with Crippen molar-refractivity contribution in [3.05, 3.63) is 47.3 Å². The lowest BCUT2D eigenvalue weighted by molar-refractivity contribution is 0.0858. The summed E-state index contributed by atoms with van der Waals surface area (Å²) in [4.78, 5) is 8.25. The first-order chi connectivity index (χ1) is 17.7. The predicted octanol–water partition coefficient (Wildman–Crippen LogP) is 3.34. The van der Waals surface area contributed by atoms with Crippen LogP contribution in [0.15, 0.2) is 30.6 Å². The zero-order chi connectivity index (χ0) is 26.7. The lowest BCUT2D eigenvalue weighted by atomic mass is 10.0. The summed E-state index contributed by atoms with van der Waals surface area (Å²) in [5.41, 5.74) is 0.435. The molecular weight excluding hydrogens is 524 g/mol. The molecule has 1 aromatic carbocycles. The van der Waals surface area contributed by atoms with Crippen molar-refractivity contribution < 1.29 is 27.4 Å². The molecule has 1 aliphatic rings. The summed E-state index contributed by atoms with van der Waals surface area (Å²) in [7, 11) is 0.297. The Morgan fingerprint density at radius 1 is 1.14 bits per heavy atom. The summed E-state index contributed by atoms with van der Waals surface area (Å²) in [5.74, 6) is 1.54. The van der Waals surface area contributed by atoms with Crippen LogP contribution in [0.4, 0.5) is 5.95 Å². The van der Waals surface area contributed by atoms with Crippen LogP contribution in [-0.4, -0.2) is 66.3 Å². The number of nitrogens with zero attached hydrogens (tertiary/aromatic N) is 5. The Balaban J connectivity index is 1.80. The number of rotatable bonds is 10. The van der Waals surface area contributed by atoms with Crippen molar-refractivity contribution in [2.24, 2.45) is 5.92 Å². The number of hydrogen-bond donors (Lipinski definition) is 1. The first-order valence-electron chi connectivity index (χ1n) is 11.5. The zero-order valence-corrected chi connectivity index (χ0v) is 22.7. The molecule has 4 rings (SSSR count). The van der Waals surface area contributed by atoms with Gasteiger partial charge in [0.1, 0.15) is 34.6 Å². The minimum absolute atomic E-state index is 0.0563. The van der Waals surface area contributed by atoms with Gasteiger partial charge in [0, 0.05) is 26.1 Å². The van der Waals surface area contributed by atoms with Crippen molar-refractivity contribution in [1.82, 2.24) is 24.7 Å². The van der Waals surface area contributed by atoms with Crippen LogP contribution in [-0.2, 0) is 19.5 Å². The first-order valence-corrected chi connectivity index (χ1v) is 13.4. The highest BCUT2D eigenvalue weighted by atomic mass is 35.5. The van der Waals surface area contributed by atoms with Crippen molar-refractivity contribution in [3.63, 3.8) is 0 Å². The van der Waals surface area contributed by atoms with Crippen LogP contribution in [0.5, 0.6) is 11.5 Å². The minimum Gasteiger partial charge on any atom is -0.494 e. The second kappa shape index (κ2) is 11.2. The SMILES string of the molecule is COc1cccc(OC)c1-n1c(NS(=O)(=O)C(C)C(OC)c2ncc(Cl)cn2)nnc1[C@H]1OCC[C@H]1C. The van der Waals surface area contributed by atoms with Crippen LogP contribution in [0.3, 0.4) is 0 Å². The maximum Gasteiger partial charge on any atom is 0.243 e. The Hall–Kier alpha value is -3.00. The quantitative estimate of drug-likeness (QED) is 0.398. The van der Waals surface area contributed by atoms with Gasteiger partial charge in [0.15, 0.2) is 11.6 Å². The summed E-state index contributed by atoms with van der Waals surface area (Å²) in [6.45, 7) is 4.08. The van der Waals surface area contributed by atoms with E-state index in [9.17, 15) is 8.42 Å². The van der Waals surface area contributed by atoms with Gasteiger partial charge in [-0.25, -0.2) is 18.4 Å². The third-order valence-corrected chi connectivity index (χ3v) is 8.14. The summed E-state index contributed by atoms with van der Waals surface area (Å²) >= 11 is 5.88. The molecule has 0 spiro atoms. The monoisotopic (exact) mass is 552 g/mol. The molecule has 2 aromatic heterocycles. The van der Waals surface area contributed by atoms with E-state index < -0.39 is 27.5 Å². The molecule has 0 aliphatic carbocycles. The highest BCUT2D eigenvalue weighted by molar-refractivity contribution is 7.93. The second-order valence-electron chi connectivity index (χ2n) is 8.55. The average Bonchev–Trinajstić information content (AvgIpc) is 3.49. The van der Waals surface area contributed by atoms with Gasteiger partial charge < -0.3 is 18.9 Å². The fourth-order valence-electron chi connectivity index (χ4n) is 4.20. The topological polar surface area (TPSA) is 140 Å². The van der Waals surface area contributed by atoms with Gasteiger partial charge in [0.2, 0.25) is 16.0 Å². The molecule has 1 N–H and O–H groups in total. The minimum atomic E-state index is -4.11. The molecule has 0 amide bonds. The number of sulfonamides is 1. The second-order valence-corrected chi connectivity index (χ2v) is 11.0. The number of hydrogen-bond acceptors (Lipinski definition) is 10. The van der Waals surface area contributed by atoms with Gasteiger partial charge >= 0.3 is 0 Å². The molecule has 12 nitrogen and oxygen atoms in total. The molecule has 0 radical (unpaired) electrons. The van der Waals surface area contributed by atoms with Crippen molar-refractivity contribution in [1.29, 1.82) is 0 Å². The normalized spacial score (nSPS) is 19.4. The first kappa shape index (κ1) is 27.0. The molecule has 200 valence electrons. The van der Waals surface area contributed by atoms with E-state index in [4.69, 9.17) is 30.5 Å². The van der Waals surface area contributed by atoms with Crippen LogP contribution in [0.2, 0.25) is 5.02 Å². The van der Waals surface area contributed by atoms with E-state index in [0.717, 1.165) is 6.42 Å². The maximum absolute atomic E-state index is 13.6. The third-order valence-electron chi connectivity index (χ3n) is 6.25. The Morgan fingerprint density at radius 3 is 2.32 bits per heavy atom.